The molecule has 5 nitrogen and oxygen atoms in total. The van der Waals surface area contributed by atoms with Gasteiger partial charge in [0, 0.05) is 16.8 Å². The average Bonchev–Trinajstić information content (AvgIpc) is 2.97. The van der Waals surface area contributed by atoms with Crippen LogP contribution in [0.15, 0.2) is 115 Å². The summed E-state index contributed by atoms with van der Waals surface area (Å²) in [6, 6.07) is 31.1. The summed E-state index contributed by atoms with van der Waals surface area (Å²) in [4.78, 5) is 38.8. The van der Waals surface area contributed by atoms with Crippen molar-refractivity contribution in [3.63, 3.8) is 0 Å². The third-order valence-electron chi connectivity index (χ3n) is 6.47. The van der Waals surface area contributed by atoms with E-state index in [1.165, 1.54) is 5.56 Å². The molecule has 0 saturated carbocycles. The minimum absolute atomic E-state index is 0.106. The number of amides is 2. The molecule has 0 aliphatic rings. The Morgan fingerprint density at radius 2 is 1.38 bits per heavy atom. The van der Waals surface area contributed by atoms with E-state index in [4.69, 9.17) is 0 Å². The van der Waals surface area contributed by atoms with Crippen molar-refractivity contribution in [3.8, 4) is 0 Å². The number of hydrogen-bond donors (Lipinski definition) is 2. The summed E-state index contributed by atoms with van der Waals surface area (Å²) >= 11 is 0. The Balaban J connectivity index is 1.47. The number of nitrogens with one attached hydrogen (secondary N) is 2. The number of rotatable bonds is 9. The maximum absolute atomic E-state index is 13.3. The van der Waals surface area contributed by atoms with Crippen molar-refractivity contribution in [2.75, 3.05) is 5.32 Å². The van der Waals surface area contributed by atoms with Crippen molar-refractivity contribution in [3.05, 3.63) is 148 Å². The highest BCUT2D eigenvalue weighted by atomic mass is 16.2. The van der Waals surface area contributed by atoms with Crippen LogP contribution in [0.4, 0.5) is 5.69 Å². The van der Waals surface area contributed by atoms with Gasteiger partial charge in [-0.2, -0.15) is 0 Å². The molecule has 0 aliphatic heterocycles. The SMILES string of the molecule is Cc1ccccc1/C=C(\NC(=O)c1ccccc1)C(=O)Nc1ccc(C(=O)/C=C/c2ccc(C(C)C)cc2)cc1. The summed E-state index contributed by atoms with van der Waals surface area (Å²) in [5.74, 6) is -0.549. The van der Waals surface area contributed by atoms with Crippen LogP contribution in [-0.4, -0.2) is 17.6 Å². The van der Waals surface area contributed by atoms with Gasteiger partial charge in [0.15, 0.2) is 5.78 Å². The molecule has 2 N–H and O–H groups in total. The largest absolute Gasteiger partial charge is 0.321 e. The average molecular weight is 529 g/mol. The molecule has 40 heavy (non-hydrogen) atoms. The number of carbonyl (C=O) groups is 3. The van der Waals surface area contributed by atoms with Crippen LogP contribution in [0.1, 0.15) is 62.7 Å². The van der Waals surface area contributed by atoms with E-state index in [2.05, 4.69) is 36.6 Å². The van der Waals surface area contributed by atoms with Crippen LogP contribution in [0.3, 0.4) is 0 Å². The van der Waals surface area contributed by atoms with E-state index in [9.17, 15) is 14.4 Å². The van der Waals surface area contributed by atoms with Gasteiger partial charge in [-0.1, -0.05) is 86.7 Å². The van der Waals surface area contributed by atoms with Gasteiger partial charge in [0.2, 0.25) is 0 Å². The van der Waals surface area contributed by atoms with Gasteiger partial charge in [-0.25, -0.2) is 0 Å². The lowest BCUT2D eigenvalue weighted by Gasteiger charge is -2.12. The molecule has 0 saturated heterocycles. The quantitative estimate of drug-likeness (QED) is 0.175. The van der Waals surface area contributed by atoms with E-state index in [0.29, 0.717) is 22.7 Å². The fourth-order valence-electron chi connectivity index (χ4n) is 4.02. The molecule has 4 aromatic rings. The molecule has 2 amide bonds. The predicted octanol–water partition coefficient (Wildman–Crippen LogP) is 7.42. The van der Waals surface area contributed by atoms with Crippen LogP contribution < -0.4 is 10.6 Å². The number of anilines is 1. The monoisotopic (exact) mass is 528 g/mol. The molecule has 0 unspecified atom stereocenters. The van der Waals surface area contributed by atoms with Gasteiger partial charge in [-0.15, -0.1) is 0 Å². The van der Waals surface area contributed by atoms with Gasteiger partial charge in [-0.3, -0.25) is 14.4 Å². The van der Waals surface area contributed by atoms with E-state index < -0.39 is 5.91 Å². The zero-order valence-corrected chi connectivity index (χ0v) is 22.8. The van der Waals surface area contributed by atoms with Crippen LogP contribution in [0.2, 0.25) is 0 Å². The highest BCUT2D eigenvalue weighted by Crippen LogP contribution is 2.17. The lowest BCUT2D eigenvalue weighted by Crippen LogP contribution is -2.30. The molecule has 4 aromatic carbocycles. The van der Waals surface area contributed by atoms with Crippen molar-refractivity contribution in [1.29, 1.82) is 0 Å². The molecule has 0 bridgehead atoms. The molecule has 200 valence electrons. The number of carbonyl (C=O) groups excluding carboxylic acids is 3. The predicted molar refractivity (Wildman–Crippen MR) is 162 cm³/mol. The van der Waals surface area contributed by atoms with E-state index >= 15 is 0 Å². The van der Waals surface area contributed by atoms with Gasteiger partial charge in [0.05, 0.1) is 0 Å². The smallest absolute Gasteiger partial charge is 0.272 e. The van der Waals surface area contributed by atoms with Gasteiger partial charge >= 0.3 is 0 Å². The van der Waals surface area contributed by atoms with E-state index in [1.807, 2.05) is 49.4 Å². The molecular weight excluding hydrogens is 496 g/mol. The van der Waals surface area contributed by atoms with Crippen LogP contribution in [-0.2, 0) is 4.79 Å². The second-order valence-electron chi connectivity index (χ2n) is 9.79. The highest BCUT2D eigenvalue weighted by molar-refractivity contribution is 6.11. The molecule has 0 aliphatic carbocycles. The normalized spacial score (nSPS) is 11.4. The van der Waals surface area contributed by atoms with Gasteiger partial charge in [0.1, 0.15) is 5.70 Å². The topological polar surface area (TPSA) is 75.3 Å². The zero-order valence-electron chi connectivity index (χ0n) is 22.8. The number of hydrogen-bond acceptors (Lipinski definition) is 3. The molecule has 0 spiro atoms. The van der Waals surface area contributed by atoms with E-state index in [-0.39, 0.29) is 17.4 Å². The molecule has 0 radical (unpaired) electrons. The lowest BCUT2D eigenvalue weighted by atomic mass is 10.0. The van der Waals surface area contributed by atoms with Gasteiger partial charge in [0.25, 0.3) is 11.8 Å². The second-order valence-corrected chi connectivity index (χ2v) is 9.79. The molecule has 0 aromatic heterocycles. The molecular formula is C35H32N2O3. The summed E-state index contributed by atoms with van der Waals surface area (Å²) < 4.78 is 0. The lowest BCUT2D eigenvalue weighted by molar-refractivity contribution is -0.113. The fraction of sp³-hybridized carbons (Fsp3) is 0.114. The number of aryl methyl sites for hydroxylation is 1. The van der Waals surface area contributed by atoms with Crippen LogP contribution in [0.25, 0.3) is 12.2 Å². The van der Waals surface area contributed by atoms with Crippen molar-refractivity contribution in [2.24, 2.45) is 0 Å². The van der Waals surface area contributed by atoms with Crippen molar-refractivity contribution in [1.82, 2.24) is 5.32 Å². The Morgan fingerprint density at radius 3 is 2.02 bits per heavy atom. The van der Waals surface area contributed by atoms with Crippen molar-refractivity contribution in [2.45, 2.75) is 26.7 Å². The summed E-state index contributed by atoms with van der Waals surface area (Å²) in [7, 11) is 0. The summed E-state index contributed by atoms with van der Waals surface area (Å²) in [5, 5.41) is 5.57. The van der Waals surface area contributed by atoms with Crippen LogP contribution >= 0.6 is 0 Å². The van der Waals surface area contributed by atoms with Crippen molar-refractivity contribution >= 4 is 35.4 Å². The summed E-state index contributed by atoms with van der Waals surface area (Å²) in [6.07, 6.45) is 4.99. The first-order chi connectivity index (χ1) is 19.3. The summed E-state index contributed by atoms with van der Waals surface area (Å²) in [5.41, 5.74) is 5.53. The fourth-order valence-corrected chi connectivity index (χ4v) is 4.02. The Labute approximate surface area is 235 Å². The first kappa shape index (κ1) is 28.0. The Hall–Kier alpha value is -5.03. The first-order valence-corrected chi connectivity index (χ1v) is 13.2. The Morgan fingerprint density at radius 1 is 0.725 bits per heavy atom. The number of ketones is 1. The van der Waals surface area contributed by atoms with Crippen LogP contribution in [0, 0.1) is 6.92 Å². The van der Waals surface area contributed by atoms with Crippen LogP contribution in [0.5, 0.6) is 0 Å². The maximum atomic E-state index is 13.3. The number of benzene rings is 4. The Kier molecular flexibility index (Phi) is 9.21. The Bertz CT molecular complexity index is 1550. The summed E-state index contributed by atoms with van der Waals surface area (Å²) in [6.45, 7) is 6.22. The van der Waals surface area contributed by atoms with Gasteiger partial charge in [-0.05, 0) is 83.6 Å². The number of allylic oxidation sites excluding steroid dienone is 1. The second kappa shape index (κ2) is 13.2. The maximum Gasteiger partial charge on any atom is 0.272 e. The molecule has 5 heteroatoms. The van der Waals surface area contributed by atoms with Gasteiger partial charge < -0.3 is 10.6 Å². The minimum atomic E-state index is -0.476. The van der Waals surface area contributed by atoms with Crippen molar-refractivity contribution < 1.29 is 14.4 Å². The molecule has 0 heterocycles. The molecule has 0 fully saturated rings. The molecule has 4 rings (SSSR count). The first-order valence-electron chi connectivity index (χ1n) is 13.2. The third-order valence-corrected chi connectivity index (χ3v) is 6.47. The van der Waals surface area contributed by atoms with E-state index in [1.54, 1.807) is 66.8 Å². The standard InChI is InChI=1S/C35H32N2O3/c1-24(2)27-16-13-26(14-17-27)15-22-33(38)28-18-20-31(21-19-28)36-35(40)32(23-30-12-8-7-9-25(30)3)37-34(39)29-10-5-4-6-11-29/h4-24H,1-3H3,(H,36,40)(H,37,39)/b22-15+,32-23-. The third kappa shape index (κ3) is 7.51. The molecule has 0 atom stereocenters. The highest BCUT2D eigenvalue weighted by Gasteiger charge is 2.16. The minimum Gasteiger partial charge on any atom is -0.321 e. The zero-order chi connectivity index (χ0) is 28.5. The van der Waals surface area contributed by atoms with E-state index in [0.717, 1.165) is 16.7 Å².